The van der Waals surface area contributed by atoms with E-state index in [1.54, 1.807) is 6.20 Å². The Balaban J connectivity index is 1.54. The van der Waals surface area contributed by atoms with Crippen molar-refractivity contribution in [1.82, 2.24) is 14.5 Å². The summed E-state index contributed by atoms with van der Waals surface area (Å²) < 4.78 is 8.33. The zero-order chi connectivity index (χ0) is 24.5. The number of pyridine rings is 2. The van der Waals surface area contributed by atoms with Gasteiger partial charge in [-0.15, -0.1) is 0 Å². The number of para-hydroxylation sites is 1. The number of nitrogens with zero attached hydrogens (tertiary/aromatic N) is 3. The summed E-state index contributed by atoms with van der Waals surface area (Å²) in [6.45, 7) is 4.42. The molecule has 0 unspecified atom stereocenters. The van der Waals surface area contributed by atoms with E-state index in [-0.39, 0.29) is 0 Å². The van der Waals surface area contributed by atoms with Crippen molar-refractivity contribution in [3.63, 3.8) is 0 Å². The molecule has 3 aromatic heterocycles. The third kappa shape index (κ3) is 3.81. The first-order chi connectivity index (χ1) is 17.8. The summed E-state index contributed by atoms with van der Waals surface area (Å²) in [4.78, 5) is 9.18. The van der Waals surface area contributed by atoms with Gasteiger partial charge in [0.2, 0.25) is 5.88 Å². The fraction of sp³-hybridized carbons (Fsp3) is 0.125. The Bertz CT molecular complexity index is 1690. The highest BCUT2D eigenvalue weighted by Crippen LogP contribution is 2.36. The lowest BCUT2D eigenvalue weighted by molar-refractivity contribution is 0.463. The maximum absolute atomic E-state index is 6.00. The summed E-state index contributed by atoms with van der Waals surface area (Å²) in [6, 6.07) is 31.3. The second-order valence-electron chi connectivity index (χ2n) is 8.86. The molecule has 0 saturated heterocycles. The molecule has 4 heteroatoms. The van der Waals surface area contributed by atoms with E-state index in [2.05, 4.69) is 84.1 Å². The first-order valence-corrected chi connectivity index (χ1v) is 12.5. The number of aromatic nitrogens is 3. The maximum Gasteiger partial charge on any atom is 0.219 e. The van der Waals surface area contributed by atoms with E-state index in [4.69, 9.17) is 9.72 Å². The van der Waals surface area contributed by atoms with E-state index >= 15 is 0 Å². The van der Waals surface area contributed by atoms with Gasteiger partial charge in [-0.3, -0.25) is 4.57 Å². The van der Waals surface area contributed by atoms with Crippen molar-refractivity contribution < 1.29 is 4.74 Å². The van der Waals surface area contributed by atoms with E-state index in [0.29, 0.717) is 5.88 Å². The second kappa shape index (κ2) is 9.31. The molecule has 176 valence electrons. The lowest BCUT2D eigenvalue weighted by Crippen LogP contribution is -2.05. The summed E-state index contributed by atoms with van der Waals surface area (Å²) in [7, 11) is 0. The topological polar surface area (TPSA) is 39.9 Å². The molecule has 0 saturated carbocycles. The minimum atomic E-state index is 0.583. The van der Waals surface area contributed by atoms with Gasteiger partial charge in [-0.25, -0.2) is 9.97 Å². The third-order valence-corrected chi connectivity index (χ3v) is 6.78. The molecule has 0 aliphatic carbocycles. The van der Waals surface area contributed by atoms with Crippen molar-refractivity contribution in [1.29, 1.82) is 0 Å². The van der Waals surface area contributed by atoms with Gasteiger partial charge in [0.25, 0.3) is 0 Å². The van der Waals surface area contributed by atoms with Crippen LogP contribution in [0.25, 0.3) is 38.8 Å². The predicted molar refractivity (Wildman–Crippen MR) is 147 cm³/mol. The van der Waals surface area contributed by atoms with Gasteiger partial charge >= 0.3 is 0 Å². The molecule has 0 aliphatic heterocycles. The molecule has 3 aromatic carbocycles. The fourth-order valence-corrected chi connectivity index (χ4v) is 5.07. The van der Waals surface area contributed by atoms with Gasteiger partial charge in [0, 0.05) is 29.2 Å². The summed E-state index contributed by atoms with van der Waals surface area (Å²) >= 11 is 0. The molecule has 0 atom stereocenters. The average Bonchev–Trinajstić information content (AvgIpc) is 3.26. The van der Waals surface area contributed by atoms with Gasteiger partial charge in [0.05, 0.1) is 11.0 Å². The Morgan fingerprint density at radius 2 is 1.50 bits per heavy atom. The van der Waals surface area contributed by atoms with Crippen molar-refractivity contribution in [3.05, 3.63) is 115 Å². The molecule has 0 fully saturated rings. The summed E-state index contributed by atoms with van der Waals surface area (Å²) in [5.74, 6) is 2.36. The lowest BCUT2D eigenvalue weighted by atomic mass is 10.0. The van der Waals surface area contributed by atoms with Crippen LogP contribution in [0.3, 0.4) is 0 Å². The van der Waals surface area contributed by atoms with E-state index in [9.17, 15) is 0 Å². The number of hydrogen-bond acceptors (Lipinski definition) is 3. The van der Waals surface area contributed by atoms with Crippen molar-refractivity contribution in [2.24, 2.45) is 0 Å². The van der Waals surface area contributed by atoms with Gasteiger partial charge in [-0.1, -0.05) is 62.4 Å². The van der Waals surface area contributed by atoms with Crippen LogP contribution >= 0.6 is 0 Å². The van der Waals surface area contributed by atoms with Crippen LogP contribution in [0.15, 0.2) is 103 Å². The number of hydrogen-bond donors (Lipinski definition) is 0. The van der Waals surface area contributed by atoms with Crippen LogP contribution < -0.4 is 4.74 Å². The first kappa shape index (κ1) is 22.1. The third-order valence-electron chi connectivity index (χ3n) is 6.78. The highest BCUT2D eigenvalue weighted by atomic mass is 16.5. The van der Waals surface area contributed by atoms with E-state index < -0.39 is 0 Å². The Labute approximate surface area is 210 Å². The van der Waals surface area contributed by atoms with Crippen LogP contribution in [0.2, 0.25) is 0 Å². The number of fused-ring (bicyclic) bond motifs is 3. The highest BCUT2D eigenvalue weighted by molar-refractivity contribution is 6.10. The molecule has 6 aromatic rings. The smallest absolute Gasteiger partial charge is 0.219 e. The fourth-order valence-electron chi connectivity index (χ4n) is 5.07. The van der Waals surface area contributed by atoms with Crippen molar-refractivity contribution in [2.45, 2.75) is 26.7 Å². The minimum absolute atomic E-state index is 0.583. The van der Waals surface area contributed by atoms with Gasteiger partial charge in [0.15, 0.2) is 0 Å². The molecule has 4 nitrogen and oxygen atoms in total. The standard InChI is InChI=1S/C32H27N3O/c1-3-22-17-19-34-32(26(22)4-2)35-29-13-6-5-12-27(29)28-16-15-24(21-30(28)35)23-10-9-11-25(20-23)36-31-14-7-8-18-33-31/h5-21H,3-4H2,1-2H3. The lowest BCUT2D eigenvalue weighted by Gasteiger charge is -2.15. The number of ether oxygens (including phenoxy) is 1. The van der Waals surface area contributed by atoms with E-state index in [0.717, 1.165) is 41.1 Å². The second-order valence-corrected chi connectivity index (χ2v) is 8.86. The largest absolute Gasteiger partial charge is 0.439 e. The summed E-state index contributed by atoms with van der Waals surface area (Å²) in [5, 5.41) is 2.46. The molecule has 0 bridgehead atoms. The quantitative estimate of drug-likeness (QED) is 0.247. The van der Waals surface area contributed by atoms with Crippen LogP contribution in [0.1, 0.15) is 25.0 Å². The number of rotatable bonds is 6. The van der Waals surface area contributed by atoms with Crippen LogP contribution in [0, 0.1) is 0 Å². The van der Waals surface area contributed by atoms with Crippen LogP contribution in [0.5, 0.6) is 11.6 Å². The van der Waals surface area contributed by atoms with Gasteiger partial charge in [0.1, 0.15) is 11.6 Å². The molecular formula is C32H27N3O. The van der Waals surface area contributed by atoms with Crippen LogP contribution in [0.4, 0.5) is 0 Å². The van der Waals surface area contributed by atoms with Crippen LogP contribution in [-0.4, -0.2) is 14.5 Å². The van der Waals surface area contributed by atoms with Crippen LogP contribution in [-0.2, 0) is 12.8 Å². The molecule has 0 radical (unpaired) electrons. The minimum Gasteiger partial charge on any atom is -0.439 e. The van der Waals surface area contributed by atoms with Gasteiger partial charge in [-0.05, 0) is 71.5 Å². The molecule has 6 rings (SSSR count). The Morgan fingerprint density at radius 1 is 0.667 bits per heavy atom. The molecule has 0 spiro atoms. The number of benzene rings is 3. The molecule has 0 N–H and O–H groups in total. The zero-order valence-electron chi connectivity index (χ0n) is 20.5. The maximum atomic E-state index is 6.00. The molecule has 0 amide bonds. The SMILES string of the molecule is CCc1ccnc(-n2c3ccccc3c3ccc(-c4cccc(Oc5ccccn5)c4)cc32)c1CC. The Morgan fingerprint density at radius 3 is 2.33 bits per heavy atom. The van der Waals surface area contributed by atoms with E-state index in [1.807, 2.05) is 36.5 Å². The Kier molecular flexibility index (Phi) is 5.70. The monoisotopic (exact) mass is 469 g/mol. The predicted octanol–water partition coefficient (Wildman–Crippen LogP) is 8.16. The van der Waals surface area contributed by atoms with Crippen molar-refractivity contribution in [3.8, 4) is 28.6 Å². The zero-order valence-corrected chi connectivity index (χ0v) is 20.5. The van der Waals surface area contributed by atoms with Gasteiger partial charge in [-0.2, -0.15) is 0 Å². The van der Waals surface area contributed by atoms with Gasteiger partial charge < -0.3 is 4.74 Å². The average molecular weight is 470 g/mol. The molecule has 0 aliphatic rings. The summed E-state index contributed by atoms with van der Waals surface area (Å²) in [6.07, 6.45) is 5.60. The molecule has 36 heavy (non-hydrogen) atoms. The highest BCUT2D eigenvalue weighted by Gasteiger charge is 2.17. The first-order valence-electron chi connectivity index (χ1n) is 12.5. The molecular weight excluding hydrogens is 442 g/mol. The molecule has 3 heterocycles. The van der Waals surface area contributed by atoms with E-state index in [1.165, 1.54) is 27.4 Å². The normalized spacial score (nSPS) is 11.3. The van der Waals surface area contributed by atoms with Crippen molar-refractivity contribution in [2.75, 3.05) is 0 Å². The summed E-state index contributed by atoms with van der Waals surface area (Å²) in [5.41, 5.74) is 7.20. The van der Waals surface area contributed by atoms with Crippen molar-refractivity contribution >= 4 is 21.8 Å². The Hall–Kier alpha value is -4.44. The number of aryl methyl sites for hydroxylation is 1.